The Balaban J connectivity index is 1.92. The van der Waals surface area contributed by atoms with Gasteiger partial charge in [-0.05, 0) is 12.8 Å². The Labute approximate surface area is 107 Å². The van der Waals surface area contributed by atoms with Crippen LogP contribution in [0.1, 0.15) is 61.5 Å². The summed E-state index contributed by atoms with van der Waals surface area (Å²) in [6, 6.07) is 0. The van der Waals surface area contributed by atoms with Crippen molar-refractivity contribution in [2.24, 2.45) is 0 Å². The van der Waals surface area contributed by atoms with Crippen LogP contribution < -0.4 is 5.56 Å². The van der Waals surface area contributed by atoms with E-state index >= 15 is 0 Å². The molecule has 1 aliphatic carbocycles. The molecule has 2 heterocycles. The lowest BCUT2D eigenvalue weighted by molar-refractivity contribution is 0.107. The van der Waals surface area contributed by atoms with Crippen molar-refractivity contribution < 1.29 is 4.74 Å². The Morgan fingerprint density at radius 3 is 2.72 bits per heavy atom. The maximum Gasteiger partial charge on any atom is 0.256 e. The molecule has 0 atom stereocenters. The molecular formula is C14H20N2O2. The second-order valence-electron chi connectivity index (χ2n) is 5.37. The third-order valence-corrected chi connectivity index (χ3v) is 4.09. The molecule has 0 amide bonds. The van der Waals surface area contributed by atoms with Gasteiger partial charge in [0.1, 0.15) is 5.82 Å². The van der Waals surface area contributed by atoms with Crippen molar-refractivity contribution in [2.75, 3.05) is 6.61 Å². The fraction of sp³-hybridized carbons (Fsp3) is 0.714. The zero-order valence-electron chi connectivity index (χ0n) is 10.7. The van der Waals surface area contributed by atoms with E-state index in [1.165, 1.54) is 25.7 Å². The lowest BCUT2D eigenvalue weighted by atomic mass is 9.99. The molecule has 0 spiro atoms. The minimum Gasteiger partial charge on any atom is -0.376 e. The second kappa shape index (κ2) is 5.22. The van der Waals surface area contributed by atoms with Gasteiger partial charge >= 0.3 is 0 Å². The molecule has 0 bridgehead atoms. The first-order valence-corrected chi connectivity index (χ1v) is 7.04. The zero-order chi connectivity index (χ0) is 12.4. The summed E-state index contributed by atoms with van der Waals surface area (Å²) < 4.78 is 5.32. The van der Waals surface area contributed by atoms with Crippen LogP contribution in [0.4, 0.5) is 0 Å². The van der Waals surface area contributed by atoms with Crippen molar-refractivity contribution in [2.45, 2.75) is 57.5 Å². The maximum atomic E-state index is 12.0. The highest BCUT2D eigenvalue weighted by Gasteiger charge is 2.21. The molecule has 2 aliphatic rings. The highest BCUT2D eigenvalue weighted by atomic mass is 16.5. The van der Waals surface area contributed by atoms with Gasteiger partial charge < -0.3 is 9.72 Å². The van der Waals surface area contributed by atoms with E-state index in [1.807, 2.05) is 0 Å². The van der Waals surface area contributed by atoms with Gasteiger partial charge in [0.25, 0.3) is 5.56 Å². The van der Waals surface area contributed by atoms with Crippen LogP contribution in [0.15, 0.2) is 4.79 Å². The van der Waals surface area contributed by atoms with Crippen molar-refractivity contribution in [3.63, 3.8) is 0 Å². The fourth-order valence-electron chi connectivity index (χ4n) is 3.01. The highest BCUT2D eigenvalue weighted by molar-refractivity contribution is 5.20. The summed E-state index contributed by atoms with van der Waals surface area (Å²) in [5.41, 5.74) is 1.71. The van der Waals surface area contributed by atoms with E-state index in [1.54, 1.807) is 0 Å². The molecule has 0 saturated heterocycles. The molecule has 1 aliphatic heterocycles. The number of nitrogens with zero attached hydrogens (tertiary/aromatic N) is 1. The van der Waals surface area contributed by atoms with E-state index in [-0.39, 0.29) is 5.56 Å². The predicted molar refractivity (Wildman–Crippen MR) is 68.7 cm³/mol. The Bertz CT molecular complexity index is 473. The van der Waals surface area contributed by atoms with Gasteiger partial charge in [0, 0.05) is 12.3 Å². The molecule has 4 nitrogen and oxygen atoms in total. The largest absolute Gasteiger partial charge is 0.376 e. The van der Waals surface area contributed by atoms with Crippen LogP contribution in [0.2, 0.25) is 0 Å². The molecule has 0 radical (unpaired) electrons. The zero-order valence-corrected chi connectivity index (χ0v) is 10.7. The Morgan fingerprint density at radius 1 is 1.17 bits per heavy atom. The van der Waals surface area contributed by atoms with Crippen LogP contribution in [0, 0.1) is 0 Å². The van der Waals surface area contributed by atoms with Gasteiger partial charge in [-0.25, -0.2) is 4.98 Å². The smallest absolute Gasteiger partial charge is 0.256 e. The quantitative estimate of drug-likeness (QED) is 0.776. The summed E-state index contributed by atoms with van der Waals surface area (Å²) in [4.78, 5) is 19.7. The molecule has 3 rings (SSSR count). The van der Waals surface area contributed by atoms with E-state index in [0.717, 1.165) is 36.3 Å². The van der Waals surface area contributed by atoms with E-state index < -0.39 is 0 Å². The minimum absolute atomic E-state index is 0.0129. The molecule has 4 heteroatoms. The first kappa shape index (κ1) is 11.9. The minimum atomic E-state index is 0.0129. The van der Waals surface area contributed by atoms with Crippen molar-refractivity contribution >= 4 is 0 Å². The Kier molecular flexibility index (Phi) is 3.46. The van der Waals surface area contributed by atoms with Crippen molar-refractivity contribution in [3.8, 4) is 0 Å². The number of hydrogen-bond acceptors (Lipinski definition) is 3. The summed E-state index contributed by atoms with van der Waals surface area (Å²) in [6.45, 7) is 1.11. The molecule has 1 aromatic rings. The predicted octanol–water partition coefficient (Wildman–Crippen LogP) is 2.28. The van der Waals surface area contributed by atoms with Crippen molar-refractivity contribution in [1.82, 2.24) is 9.97 Å². The Morgan fingerprint density at radius 2 is 1.94 bits per heavy atom. The standard InChI is InChI=1S/C14H20N2O2/c17-14-11-9-18-8-7-12(11)15-13(16-14)10-5-3-1-2-4-6-10/h10H,1-9H2,(H,15,16,17). The first-order chi connectivity index (χ1) is 8.84. The number of nitrogens with one attached hydrogen (secondary N) is 1. The number of H-pyrrole nitrogens is 1. The van der Waals surface area contributed by atoms with E-state index in [4.69, 9.17) is 9.72 Å². The normalized spacial score (nSPS) is 21.3. The van der Waals surface area contributed by atoms with Gasteiger partial charge in [-0.2, -0.15) is 0 Å². The molecule has 1 fully saturated rings. The molecule has 0 aromatic carbocycles. The van der Waals surface area contributed by atoms with Gasteiger partial charge in [0.2, 0.25) is 0 Å². The van der Waals surface area contributed by atoms with Crippen LogP contribution in [-0.4, -0.2) is 16.6 Å². The Hall–Kier alpha value is -1.16. The van der Waals surface area contributed by atoms with Crippen LogP contribution in [0.25, 0.3) is 0 Å². The van der Waals surface area contributed by atoms with E-state index in [2.05, 4.69) is 4.98 Å². The summed E-state index contributed by atoms with van der Waals surface area (Å²) in [5.74, 6) is 1.37. The second-order valence-corrected chi connectivity index (χ2v) is 5.37. The fourth-order valence-corrected chi connectivity index (χ4v) is 3.01. The molecule has 18 heavy (non-hydrogen) atoms. The number of aromatic amines is 1. The topological polar surface area (TPSA) is 55.0 Å². The van der Waals surface area contributed by atoms with Gasteiger partial charge in [0.15, 0.2) is 0 Å². The monoisotopic (exact) mass is 248 g/mol. The first-order valence-electron chi connectivity index (χ1n) is 7.04. The van der Waals surface area contributed by atoms with Gasteiger partial charge in [-0.1, -0.05) is 25.7 Å². The highest BCUT2D eigenvalue weighted by Crippen LogP contribution is 2.29. The lowest BCUT2D eigenvalue weighted by Gasteiger charge is -2.18. The molecular weight excluding hydrogens is 228 g/mol. The third kappa shape index (κ3) is 2.34. The number of aromatic nitrogens is 2. The van der Waals surface area contributed by atoms with Gasteiger partial charge in [-0.3, -0.25) is 4.79 Å². The summed E-state index contributed by atoms with van der Waals surface area (Å²) >= 11 is 0. The number of ether oxygens (including phenoxy) is 1. The van der Waals surface area contributed by atoms with E-state index in [9.17, 15) is 4.79 Å². The van der Waals surface area contributed by atoms with Gasteiger partial charge in [0.05, 0.1) is 24.5 Å². The SMILES string of the molecule is O=c1[nH]c(C2CCCCCC2)nc2c1COCC2. The maximum absolute atomic E-state index is 12.0. The number of hydrogen-bond donors (Lipinski definition) is 1. The lowest BCUT2D eigenvalue weighted by Crippen LogP contribution is -2.26. The van der Waals surface area contributed by atoms with Crippen LogP contribution >= 0.6 is 0 Å². The van der Waals surface area contributed by atoms with Crippen molar-refractivity contribution in [1.29, 1.82) is 0 Å². The third-order valence-electron chi connectivity index (χ3n) is 4.09. The molecule has 0 unspecified atom stereocenters. The van der Waals surface area contributed by atoms with Crippen LogP contribution in [-0.2, 0) is 17.8 Å². The van der Waals surface area contributed by atoms with Gasteiger partial charge in [-0.15, -0.1) is 0 Å². The average Bonchev–Trinajstić information content (AvgIpc) is 2.67. The summed E-state index contributed by atoms with van der Waals surface area (Å²) in [6.07, 6.45) is 8.26. The van der Waals surface area contributed by atoms with Crippen LogP contribution in [0.5, 0.6) is 0 Å². The summed E-state index contributed by atoms with van der Waals surface area (Å²) in [5, 5.41) is 0. The summed E-state index contributed by atoms with van der Waals surface area (Å²) in [7, 11) is 0. The molecule has 1 aromatic heterocycles. The average molecular weight is 248 g/mol. The number of rotatable bonds is 1. The molecule has 98 valence electrons. The number of fused-ring (bicyclic) bond motifs is 1. The van der Waals surface area contributed by atoms with Crippen molar-refractivity contribution in [3.05, 3.63) is 27.4 Å². The van der Waals surface area contributed by atoms with Crippen LogP contribution in [0.3, 0.4) is 0 Å². The molecule has 1 saturated carbocycles. The van der Waals surface area contributed by atoms with E-state index in [0.29, 0.717) is 19.1 Å². The molecule has 1 N–H and O–H groups in total.